The maximum Gasteiger partial charge on any atom is 0.248 e. The van der Waals surface area contributed by atoms with E-state index in [1.165, 1.54) is 0 Å². The van der Waals surface area contributed by atoms with Gasteiger partial charge in [-0.25, -0.2) is 0 Å². The topological polar surface area (TPSA) is 64.3 Å². The molecule has 4 nitrogen and oxygen atoms in total. The van der Waals surface area contributed by atoms with Gasteiger partial charge in [-0.3, -0.25) is 4.79 Å². The Morgan fingerprint density at radius 3 is 2.76 bits per heavy atom. The van der Waals surface area contributed by atoms with Crippen LogP contribution in [-0.2, 0) is 6.54 Å². The van der Waals surface area contributed by atoms with Gasteiger partial charge in [0, 0.05) is 17.8 Å². The molecule has 110 valence electrons. The monoisotopic (exact) mass is 284 g/mol. The number of hydrogen-bond acceptors (Lipinski definition) is 3. The van der Waals surface area contributed by atoms with Crippen molar-refractivity contribution in [3.8, 4) is 5.75 Å². The number of carbonyl (C=O) groups excluding carboxylic acids is 1. The summed E-state index contributed by atoms with van der Waals surface area (Å²) in [7, 11) is 0. The van der Waals surface area contributed by atoms with E-state index in [-0.39, 0.29) is 0 Å². The summed E-state index contributed by atoms with van der Waals surface area (Å²) in [6.07, 6.45) is 0.988. The number of carbonyl (C=O) groups is 1. The average molecular weight is 284 g/mol. The van der Waals surface area contributed by atoms with Crippen molar-refractivity contribution in [3.05, 3.63) is 59.7 Å². The number of benzene rings is 2. The molecule has 0 atom stereocenters. The largest absolute Gasteiger partial charge is 0.494 e. The Morgan fingerprint density at radius 2 is 2.00 bits per heavy atom. The molecule has 0 aliphatic heterocycles. The van der Waals surface area contributed by atoms with Crippen molar-refractivity contribution in [2.45, 2.75) is 19.9 Å². The molecule has 0 aliphatic rings. The van der Waals surface area contributed by atoms with Crippen LogP contribution in [0.2, 0.25) is 0 Å². The summed E-state index contributed by atoms with van der Waals surface area (Å²) in [6, 6.07) is 15.1. The standard InChI is InChI=1S/C17H20N2O2/c1-2-9-21-16-8-3-5-13(10-16)12-19-15-7-4-6-14(11-15)17(18)20/h3-8,10-11,19H,2,9,12H2,1H3,(H2,18,20). The number of nitrogens with two attached hydrogens (primary N) is 1. The molecule has 0 saturated heterocycles. The van der Waals surface area contributed by atoms with E-state index in [0.29, 0.717) is 12.1 Å². The lowest BCUT2D eigenvalue weighted by Crippen LogP contribution is -2.11. The summed E-state index contributed by atoms with van der Waals surface area (Å²) < 4.78 is 5.61. The molecule has 4 heteroatoms. The molecule has 0 aromatic heterocycles. The number of anilines is 1. The zero-order chi connectivity index (χ0) is 15.1. The molecule has 3 N–H and O–H groups in total. The smallest absolute Gasteiger partial charge is 0.248 e. The third-order valence-electron chi connectivity index (χ3n) is 3.02. The summed E-state index contributed by atoms with van der Waals surface area (Å²) in [5, 5.41) is 3.28. The minimum absolute atomic E-state index is 0.423. The molecule has 1 amide bonds. The van der Waals surface area contributed by atoms with Crippen molar-refractivity contribution in [1.29, 1.82) is 0 Å². The highest BCUT2D eigenvalue weighted by atomic mass is 16.5. The molecule has 0 spiro atoms. The van der Waals surface area contributed by atoms with Crippen LogP contribution in [0, 0.1) is 0 Å². The second kappa shape index (κ2) is 7.33. The Kier molecular flexibility index (Phi) is 5.21. The first kappa shape index (κ1) is 14.9. The van der Waals surface area contributed by atoms with Gasteiger partial charge in [0.1, 0.15) is 5.75 Å². The Bertz CT molecular complexity index is 611. The minimum Gasteiger partial charge on any atom is -0.494 e. The third kappa shape index (κ3) is 4.53. The predicted molar refractivity (Wildman–Crippen MR) is 84.5 cm³/mol. The fourth-order valence-corrected chi connectivity index (χ4v) is 1.95. The van der Waals surface area contributed by atoms with Gasteiger partial charge in [0.2, 0.25) is 5.91 Å². The molecule has 2 aromatic carbocycles. The van der Waals surface area contributed by atoms with Crippen LogP contribution in [-0.4, -0.2) is 12.5 Å². The van der Waals surface area contributed by atoms with Crippen LogP contribution in [0.15, 0.2) is 48.5 Å². The Morgan fingerprint density at radius 1 is 1.19 bits per heavy atom. The van der Waals surface area contributed by atoms with Crippen LogP contribution < -0.4 is 15.8 Å². The second-order valence-corrected chi connectivity index (χ2v) is 4.79. The molecule has 0 saturated carbocycles. The molecule has 2 rings (SSSR count). The molecule has 0 unspecified atom stereocenters. The molecule has 0 aliphatic carbocycles. The van der Waals surface area contributed by atoms with E-state index in [1.807, 2.05) is 36.4 Å². The molecule has 0 fully saturated rings. The lowest BCUT2D eigenvalue weighted by Gasteiger charge is -2.09. The Labute approximate surface area is 124 Å². The van der Waals surface area contributed by atoms with Gasteiger partial charge in [-0.05, 0) is 42.3 Å². The molecule has 0 heterocycles. The van der Waals surface area contributed by atoms with E-state index in [9.17, 15) is 4.79 Å². The first-order chi connectivity index (χ1) is 10.2. The number of hydrogen-bond donors (Lipinski definition) is 2. The van der Waals surface area contributed by atoms with Crippen molar-refractivity contribution in [2.24, 2.45) is 5.73 Å². The number of ether oxygens (including phenoxy) is 1. The van der Waals surface area contributed by atoms with Crippen molar-refractivity contribution >= 4 is 11.6 Å². The van der Waals surface area contributed by atoms with Crippen molar-refractivity contribution in [3.63, 3.8) is 0 Å². The van der Waals surface area contributed by atoms with Crippen molar-refractivity contribution in [2.75, 3.05) is 11.9 Å². The highest BCUT2D eigenvalue weighted by Crippen LogP contribution is 2.16. The average Bonchev–Trinajstić information content (AvgIpc) is 2.51. The third-order valence-corrected chi connectivity index (χ3v) is 3.02. The molecular formula is C17H20N2O2. The number of nitrogens with one attached hydrogen (secondary N) is 1. The van der Waals surface area contributed by atoms with Gasteiger partial charge < -0.3 is 15.8 Å². The van der Waals surface area contributed by atoms with Crippen LogP contribution in [0.1, 0.15) is 29.3 Å². The molecule has 2 aromatic rings. The summed E-state index contributed by atoms with van der Waals surface area (Å²) in [5.74, 6) is 0.454. The van der Waals surface area contributed by atoms with Gasteiger partial charge in [-0.15, -0.1) is 0 Å². The summed E-state index contributed by atoms with van der Waals surface area (Å²) in [4.78, 5) is 11.2. The van der Waals surface area contributed by atoms with Gasteiger partial charge >= 0.3 is 0 Å². The van der Waals surface area contributed by atoms with E-state index < -0.39 is 5.91 Å². The van der Waals surface area contributed by atoms with Crippen LogP contribution in [0.5, 0.6) is 5.75 Å². The summed E-state index contributed by atoms with van der Waals surface area (Å²) >= 11 is 0. The lowest BCUT2D eigenvalue weighted by molar-refractivity contribution is 0.100. The number of rotatable bonds is 7. The van der Waals surface area contributed by atoms with Gasteiger partial charge in [-0.2, -0.15) is 0 Å². The van der Waals surface area contributed by atoms with Gasteiger partial charge in [0.25, 0.3) is 0 Å². The lowest BCUT2D eigenvalue weighted by atomic mass is 10.1. The van der Waals surface area contributed by atoms with E-state index in [2.05, 4.69) is 12.2 Å². The molecule has 21 heavy (non-hydrogen) atoms. The van der Waals surface area contributed by atoms with Crippen LogP contribution in [0.3, 0.4) is 0 Å². The summed E-state index contributed by atoms with van der Waals surface area (Å²) in [5.41, 5.74) is 7.76. The van der Waals surface area contributed by atoms with Gasteiger partial charge in [0.15, 0.2) is 0 Å². The maximum atomic E-state index is 11.2. The van der Waals surface area contributed by atoms with E-state index in [1.54, 1.807) is 12.1 Å². The van der Waals surface area contributed by atoms with Gasteiger partial charge in [-0.1, -0.05) is 25.1 Å². The fraction of sp³-hybridized carbons (Fsp3) is 0.235. The summed E-state index contributed by atoms with van der Waals surface area (Å²) in [6.45, 7) is 3.46. The first-order valence-corrected chi connectivity index (χ1v) is 7.04. The van der Waals surface area contributed by atoms with Crippen LogP contribution in [0.25, 0.3) is 0 Å². The quantitative estimate of drug-likeness (QED) is 0.820. The highest BCUT2D eigenvalue weighted by molar-refractivity contribution is 5.93. The second-order valence-electron chi connectivity index (χ2n) is 4.79. The van der Waals surface area contributed by atoms with E-state index in [0.717, 1.165) is 30.0 Å². The SMILES string of the molecule is CCCOc1cccc(CNc2cccc(C(N)=O)c2)c1. The van der Waals surface area contributed by atoms with E-state index in [4.69, 9.17) is 10.5 Å². The molecule has 0 bridgehead atoms. The minimum atomic E-state index is -0.423. The Balaban J connectivity index is 1.99. The first-order valence-electron chi connectivity index (χ1n) is 7.04. The highest BCUT2D eigenvalue weighted by Gasteiger charge is 2.02. The fourth-order valence-electron chi connectivity index (χ4n) is 1.95. The molecule has 0 radical (unpaired) electrons. The zero-order valence-corrected chi connectivity index (χ0v) is 12.1. The van der Waals surface area contributed by atoms with Crippen LogP contribution >= 0.6 is 0 Å². The molecular weight excluding hydrogens is 264 g/mol. The van der Waals surface area contributed by atoms with Crippen LogP contribution in [0.4, 0.5) is 5.69 Å². The van der Waals surface area contributed by atoms with Gasteiger partial charge in [0.05, 0.1) is 6.61 Å². The van der Waals surface area contributed by atoms with E-state index >= 15 is 0 Å². The maximum absolute atomic E-state index is 11.2. The normalized spacial score (nSPS) is 10.1. The van der Waals surface area contributed by atoms with Crippen molar-refractivity contribution in [1.82, 2.24) is 0 Å². The zero-order valence-electron chi connectivity index (χ0n) is 12.1. The Hall–Kier alpha value is -2.49. The predicted octanol–water partition coefficient (Wildman–Crippen LogP) is 3.19. The number of primary amides is 1. The number of amides is 1. The van der Waals surface area contributed by atoms with Crippen molar-refractivity contribution < 1.29 is 9.53 Å².